The summed E-state index contributed by atoms with van der Waals surface area (Å²) in [6, 6.07) is 13.8. The Morgan fingerprint density at radius 2 is 1.69 bits per heavy atom. The molecule has 138 valence electrons. The number of unbranched alkanes of at least 4 members (excludes halogenated alkanes) is 1. The number of hydrogen-bond donors (Lipinski definition) is 3. The molecule has 0 saturated carbocycles. The number of aryl methyl sites for hydroxylation is 1. The van der Waals surface area contributed by atoms with Crippen molar-refractivity contribution in [3.63, 3.8) is 0 Å². The second-order valence-electron chi connectivity index (χ2n) is 5.93. The third-order valence-corrected chi connectivity index (χ3v) is 5.45. The molecular formula is C20H22O5S. The molecule has 2 aromatic rings. The third kappa shape index (κ3) is 4.86. The van der Waals surface area contributed by atoms with Gasteiger partial charge in [0.1, 0.15) is 0 Å². The molecule has 0 aliphatic carbocycles. The predicted molar refractivity (Wildman–Crippen MR) is 101 cm³/mol. The summed E-state index contributed by atoms with van der Waals surface area (Å²) in [6.07, 6.45) is 1.07. The van der Waals surface area contributed by atoms with Gasteiger partial charge in [0.25, 0.3) is 0 Å². The van der Waals surface area contributed by atoms with Crippen LogP contribution >= 0.6 is 11.8 Å². The quantitative estimate of drug-likeness (QED) is 0.574. The molecule has 2 rings (SSSR count). The fourth-order valence-electron chi connectivity index (χ4n) is 2.72. The van der Waals surface area contributed by atoms with Crippen LogP contribution in [0.5, 0.6) is 0 Å². The van der Waals surface area contributed by atoms with Crippen molar-refractivity contribution in [1.82, 2.24) is 0 Å². The highest BCUT2D eigenvalue weighted by molar-refractivity contribution is 7.99. The van der Waals surface area contributed by atoms with Crippen molar-refractivity contribution >= 4 is 23.7 Å². The van der Waals surface area contributed by atoms with Crippen LogP contribution in [0.3, 0.4) is 0 Å². The molecule has 2 atom stereocenters. The molecule has 0 bridgehead atoms. The Balaban J connectivity index is 2.46. The number of aliphatic carboxylic acids is 1. The molecule has 0 aromatic heterocycles. The topological polar surface area (TPSA) is 94.8 Å². The molecule has 0 heterocycles. The van der Waals surface area contributed by atoms with Crippen molar-refractivity contribution in [3.05, 3.63) is 65.2 Å². The van der Waals surface area contributed by atoms with E-state index in [1.807, 2.05) is 12.1 Å². The fourth-order valence-corrected chi connectivity index (χ4v) is 4.03. The van der Waals surface area contributed by atoms with E-state index in [4.69, 9.17) is 0 Å². The predicted octanol–water partition coefficient (Wildman–Crippen LogP) is 4.01. The van der Waals surface area contributed by atoms with Gasteiger partial charge in [-0.2, -0.15) is 0 Å². The lowest BCUT2D eigenvalue weighted by atomic mass is 9.97. The van der Waals surface area contributed by atoms with E-state index < -0.39 is 23.3 Å². The lowest BCUT2D eigenvalue weighted by Gasteiger charge is -2.23. The molecule has 0 amide bonds. The number of hydrogen-bond acceptors (Lipinski definition) is 4. The summed E-state index contributed by atoms with van der Waals surface area (Å²) in [5, 5.41) is 28.2. The standard InChI is InChI=1S/C20H22O5S/c1-2-3-8-13-9-4-5-10-14(13)18(17(21)20(24)25)26-16-12-7-6-11-15(16)19(22)23/h4-7,9-12,17-18,21H,2-3,8H2,1H3,(H,22,23)(H,24,25). The first kappa shape index (κ1) is 20.0. The summed E-state index contributed by atoms with van der Waals surface area (Å²) in [5.74, 6) is -2.42. The van der Waals surface area contributed by atoms with E-state index in [2.05, 4.69) is 6.92 Å². The largest absolute Gasteiger partial charge is 0.479 e. The van der Waals surface area contributed by atoms with Crippen molar-refractivity contribution < 1.29 is 24.9 Å². The minimum absolute atomic E-state index is 0.0890. The molecule has 0 saturated heterocycles. The van der Waals surface area contributed by atoms with Crippen molar-refractivity contribution in [1.29, 1.82) is 0 Å². The first-order valence-electron chi connectivity index (χ1n) is 8.43. The number of thioether (sulfide) groups is 1. The second-order valence-corrected chi connectivity index (χ2v) is 7.11. The van der Waals surface area contributed by atoms with Gasteiger partial charge < -0.3 is 15.3 Å². The van der Waals surface area contributed by atoms with E-state index in [9.17, 15) is 24.9 Å². The van der Waals surface area contributed by atoms with Gasteiger partial charge in [0.2, 0.25) is 0 Å². The maximum absolute atomic E-state index is 11.5. The Morgan fingerprint density at radius 3 is 2.35 bits per heavy atom. The number of aliphatic hydroxyl groups is 1. The van der Waals surface area contributed by atoms with Crippen LogP contribution < -0.4 is 0 Å². The van der Waals surface area contributed by atoms with Gasteiger partial charge in [-0.1, -0.05) is 49.7 Å². The minimum Gasteiger partial charge on any atom is -0.479 e. The van der Waals surface area contributed by atoms with Gasteiger partial charge in [0.05, 0.1) is 10.8 Å². The Kier molecular flexibility index (Phi) is 7.24. The van der Waals surface area contributed by atoms with Crippen molar-refractivity contribution in [3.8, 4) is 0 Å². The molecule has 0 aliphatic heterocycles. The monoisotopic (exact) mass is 374 g/mol. The molecule has 5 nitrogen and oxygen atoms in total. The minimum atomic E-state index is -1.65. The third-order valence-electron chi connectivity index (χ3n) is 4.07. The lowest BCUT2D eigenvalue weighted by molar-refractivity contribution is -0.146. The number of rotatable bonds is 9. The van der Waals surface area contributed by atoms with Crippen molar-refractivity contribution in [2.45, 2.75) is 42.4 Å². The van der Waals surface area contributed by atoms with Gasteiger partial charge in [-0.25, -0.2) is 9.59 Å². The van der Waals surface area contributed by atoms with Crippen LogP contribution in [0.25, 0.3) is 0 Å². The van der Waals surface area contributed by atoms with Gasteiger partial charge in [0, 0.05) is 4.90 Å². The zero-order chi connectivity index (χ0) is 19.1. The number of carboxylic acids is 2. The van der Waals surface area contributed by atoms with E-state index in [0.29, 0.717) is 4.90 Å². The molecule has 26 heavy (non-hydrogen) atoms. The summed E-state index contributed by atoms with van der Waals surface area (Å²) in [5.41, 5.74) is 1.78. The zero-order valence-electron chi connectivity index (χ0n) is 14.5. The Morgan fingerprint density at radius 1 is 1.04 bits per heavy atom. The van der Waals surface area contributed by atoms with Crippen LogP contribution in [0, 0.1) is 0 Å². The molecule has 2 unspecified atom stereocenters. The average molecular weight is 374 g/mol. The number of carbonyl (C=O) groups is 2. The van der Waals surface area contributed by atoms with Crippen LogP contribution in [0.4, 0.5) is 0 Å². The highest BCUT2D eigenvalue weighted by Crippen LogP contribution is 2.41. The molecule has 3 N–H and O–H groups in total. The van der Waals surface area contributed by atoms with Gasteiger partial charge in [-0.15, -0.1) is 11.8 Å². The van der Waals surface area contributed by atoms with Crippen LogP contribution in [0.2, 0.25) is 0 Å². The van der Waals surface area contributed by atoms with Crippen LogP contribution in [0.1, 0.15) is 46.5 Å². The Labute approximate surface area is 156 Å². The van der Waals surface area contributed by atoms with Gasteiger partial charge in [-0.3, -0.25) is 0 Å². The van der Waals surface area contributed by atoms with Crippen molar-refractivity contribution in [2.75, 3.05) is 0 Å². The number of carboxylic acid groups (broad SMARTS) is 2. The molecule has 2 aromatic carbocycles. The van der Waals surface area contributed by atoms with E-state index >= 15 is 0 Å². The van der Waals surface area contributed by atoms with Gasteiger partial charge >= 0.3 is 11.9 Å². The Hall–Kier alpha value is -2.31. The molecule has 0 fully saturated rings. The molecule has 6 heteroatoms. The normalized spacial score (nSPS) is 13.2. The number of aromatic carboxylic acids is 1. The second kappa shape index (κ2) is 9.40. The molecule has 0 radical (unpaired) electrons. The van der Waals surface area contributed by atoms with Gasteiger partial charge in [0.15, 0.2) is 6.10 Å². The summed E-state index contributed by atoms with van der Waals surface area (Å²) < 4.78 is 0. The highest BCUT2D eigenvalue weighted by Gasteiger charge is 2.31. The zero-order valence-corrected chi connectivity index (χ0v) is 15.3. The molecule has 0 aliphatic rings. The van der Waals surface area contributed by atoms with E-state index in [-0.39, 0.29) is 5.56 Å². The first-order valence-corrected chi connectivity index (χ1v) is 9.31. The summed E-state index contributed by atoms with van der Waals surface area (Å²) >= 11 is 1.07. The van der Waals surface area contributed by atoms with Crippen molar-refractivity contribution in [2.24, 2.45) is 0 Å². The lowest BCUT2D eigenvalue weighted by Crippen LogP contribution is -2.26. The first-order chi connectivity index (χ1) is 12.5. The maximum atomic E-state index is 11.5. The van der Waals surface area contributed by atoms with Crippen LogP contribution in [-0.4, -0.2) is 33.4 Å². The SMILES string of the molecule is CCCCc1ccccc1C(Sc1ccccc1C(=O)O)C(O)C(=O)O. The number of aliphatic hydroxyl groups excluding tert-OH is 1. The summed E-state index contributed by atoms with van der Waals surface area (Å²) in [4.78, 5) is 23.4. The van der Waals surface area contributed by atoms with Crippen LogP contribution in [0.15, 0.2) is 53.4 Å². The number of benzene rings is 2. The van der Waals surface area contributed by atoms with E-state index in [0.717, 1.165) is 42.2 Å². The maximum Gasteiger partial charge on any atom is 0.336 e. The summed E-state index contributed by atoms with van der Waals surface area (Å²) in [7, 11) is 0. The average Bonchev–Trinajstić information content (AvgIpc) is 2.64. The molecule has 0 spiro atoms. The molecular weight excluding hydrogens is 352 g/mol. The van der Waals surface area contributed by atoms with E-state index in [1.54, 1.807) is 30.3 Å². The smallest absolute Gasteiger partial charge is 0.336 e. The Bertz CT molecular complexity index is 774. The van der Waals surface area contributed by atoms with Gasteiger partial charge in [-0.05, 0) is 36.1 Å². The highest BCUT2D eigenvalue weighted by atomic mass is 32.2. The van der Waals surface area contributed by atoms with Crippen LogP contribution in [-0.2, 0) is 11.2 Å². The summed E-state index contributed by atoms with van der Waals surface area (Å²) in [6.45, 7) is 2.07. The fraction of sp³-hybridized carbons (Fsp3) is 0.300. The van der Waals surface area contributed by atoms with E-state index in [1.165, 1.54) is 6.07 Å².